The summed E-state index contributed by atoms with van der Waals surface area (Å²) < 4.78 is 83.0. The Bertz CT molecular complexity index is 3650. The number of nitrogens with zero attached hydrogens (tertiary/aromatic N) is 6. The van der Waals surface area contributed by atoms with E-state index in [1.807, 2.05) is 125 Å². The van der Waals surface area contributed by atoms with Crippen molar-refractivity contribution < 1.29 is 83.7 Å². The maximum atomic E-state index is 13.9. The number of carbonyl (C=O) groups is 7. The second-order valence-corrected chi connectivity index (χ2v) is 37.6. The number of fused-ring (bicyclic) bond motifs is 2. The monoisotopic (exact) mass is 1740 g/mol. The van der Waals surface area contributed by atoms with E-state index in [0.29, 0.717) is 75.7 Å². The van der Waals surface area contributed by atoms with Crippen molar-refractivity contribution in [2.75, 3.05) is 64.5 Å². The Hall–Kier alpha value is -6.39. The molecule has 5 rings (SSSR count). The molecule has 3 aromatic rings. The number of methoxy groups -OCH3 is 1. The lowest BCUT2D eigenvalue weighted by molar-refractivity contribution is -0.157. The fourth-order valence-electron chi connectivity index (χ4n) is 10.5. The average molecular weight is 1740 g/mol. The number of amides is 1. The first kappa shape index (κ1) is 115. The van der Waals surface area contributed by atoms with Crippen LogP contribution < -0.4 is 21.8 Å². The molecule has 5 N–H and O–H groups in total. The number of Topliss-reactive ketones (excluding diaryl/α,β-unsaturated/α-hetero) is 1. The zero-order chi connectivity index (χ0) is 91.1. The van der Waals surface area contributed by atoms with E-state index < -0.39 is 61.4 Å². The third-order valence-corrected chi connectivity index (χ3v) is 17.8. The van der Waals surface area contributed by atoms with Gasteiger partial charge in [-0.25, -0.2) is 8.78 Å². The summed E-state index contributed by atoms with van der Waals surface area (Å²) in [4.78, 5) is 102. The van der Waals surface area contributed by atoms with E-state index in [1.165, 1.54) is 42.2 Å². The van der Waals surface area contributed by atoms with Gasteiger partial charge in [0.2, 0.25) is 5.43 Å². The van der Waals surface area contributed by atoms with Gasteiger partial charge >= 0.3 is 29.8 Å². The van der Waals surface area contributed by atoms with E-state index in [9.17, 15) is 60.7 Å². The molecule has 0 bridgehead atoms. The number of ketones is 1. The molecule has 1 saturated heterocycles. The number of rotatable bonds is 31. The maximum absolute atomic E-state index is 13.9. The molecule has 3 heterocycles. The van der Waals surface area contributed by atoms with Gasteiger partial charge < -0.3 is 54.6 Å². The summed E-state index contributed by atoms with van der Waals surface area (Å²) in [5, 5.41) is 20.9. The first-order chi connectivity index (χ1) is 53.9. The van der Waals surface area contributed by atoms with Crippen LogP contribution in [0, 0.1) is 54.1 Å². The minimum Gasteiger partial charge on any atom is -0.503 e. The van der Waals surface area contributed by atoms with E-state index >= 15 is 0 Å². The normalized spacial score (nSPS) is 15.1. The van der Waals surface area contributed by atoms with Gasteiger partial charge in [0.05, 0.1) is 42.0 Å². The number of hydrogen-bond acceptors (Lipinski definition) is 22. The Morgan fingerprint density at radius 2 is 1.12 bits per heavy atom. The third-order valence-electron chi connectivity index (χ3n) is 16.5. The Kier molecular flexibility index (Phi) is 57.4. The molecule has 2 aliphatic rings. The molecule has 2 aromatic carbocycles. The van der Waals surface area contributed by atoms with E-state index in [4.69, 9.17) is 57.6 Å². The molecular formula is C85H146Cl2F2N9O17PS. The number of alkyl halides is 2. The molecule has 1 amide bonds. The lowest BCUT2D eigenvalue weighted by Crippen LogP contribution is -2.64. The third kappa shape index (κ3) is 55.2. The highest BCUT2D eigenvalue weighted by Gasteiger charge is 2.43. The molecule has 8 atom stereocenters. The predicted molar refractivity (Wildman–Crippen MR) is 466 cm³/mol. The summed E-state index contributed by atoms with van der Waals surface area (Å²) in [5.74, 6) is -3.16. The quantitative estimate of drug-likeness (QED) is 0.00535. The lowest BCUT2D eigenvalue weighted by Gasteiger charge is -2.50. The maximum Gasteiger partial charge on any atom is 0.308 e. The summed E-state index contributed by atoms with van der Waals surface area (Å²) in [6.07, 6.45) is 5.93. The Morgan fingerprint density at radius 3 is 1.53 bits per heavy atom. The first-order valence-corrected chi connectivity index (χ1v) is 43.6. The smallest absolute Gasteiger partial charge is 0.308 e. The van der Waals surface area contributed by atoms with Crippen LogP contribution in [-0.2, 0) is 74.9 Å². The number of esters is 5. The van der Waals surface area contributed by atoms with Gasteiger partial charge in [0.15, 0.2) is 17.2 Å². The largest absolute Gasteiger partial charge is 0.503 e. The van der Waals surface area contributed by atoms with E-state index in [-0.39, 0.29) is 131 Å². The first-order valence-electron chi connectivity index (χ1n) is 40.3. The van der Waals surface area contributed by atoms with Gasteiger partial charge in [-0.05, 0) is 221 Å². The number of carbonyl (C=O) groups excluding carboxylic acids is 7. The molecule has 117 heavy (non-hydrogen) atoms. The fourth-order valence-corrected chi connectivity index (χ4v) is 11.5. The number of azide groups is 1. The highest BCUT2D eigenvalue weighted by molar-refractivity contribution is 7.86. The molecule has 2 unspecified atom stereocenters. The number of halogens is 4. The second-order valence-electron chi connectivity index (χ2n) is 34.4. The van der Waals surface area contributed by atoms with Crippen LogP contribution in [0.1, 0.15) is 263 Å². The SMILES string of the molecule is CC(C)N1C[C@@H](C)CN2C(=O)c3c(O)c(=O)c(C(=O)CCc4ccc(F)cc4F)cn3CC21.CC(C)NC[C@@H](C)CCC(=O)OC(C)(C)C.CC(C)NC[C@@H](C)CN.CCP.COC(=O)[C@@H](C)CCC(=O)OC(C)(C)C.C[C@@H](CCC(=O)OC(C)(C)C)CN=[N+]=[N-].Cc1ccc(S(=O)(=O)OC[C@@H](C)CCC(=O)OC(C)(C)C)cc1.ClCCl. The number of aromatic hydroxyl groups is 1. The predicted octanol–water partition coefficient (Wildman–Crippen LogP) is 16.8. The number of nitrogens with two attached hydrogens (primary N) is 1. The number of aryl methyl sites for hydroxylation is 2. The second kappa shape index (κ2) is 58.5. The van der Waals surface area contributed by atoms with Gasteiger partial charge in [0.25, 0.3) is 16.0 Å². The van der Waals surface area contributed by atoms with E-state index in [0.717, 1.165) is 50.3 Å². The molecule has 0 radical (unpaired) electrons. The molecular weight excluding hydrogens is 1590 g/mol. The van der Waals surface area contributed by atoms with Gasteiger partial charge in [-0.1, -0.05) is 105 Å². The summed E-state index contributed by atoms with van der Waals surface area (Å²) in [6.45, 7) is 55.4. The Balaban J connectivity index is -0.00000137. The molecule has 0 aliphatic carbocycles. The molecule has 672 valence electrons. The van der Waals surface area contributed by atoms with Crippen molar-refractivity contribution in [1.29, 1.82) is 0 Å². The van der Waals surface area contributed by atoms with Gasteiger partial charge in [-0.15, -0.1) is 32.4 Å². The lowest BCUT2D eigenvalue weighted by atomic mass is 9.99. The van der Waals surface area contributed by atoms with Crippen molar-refractivity contribution in [3.8, 4) is 5.75 Å². The highest BCUT2D eigenvalue weighted by atomic mass is 35.5. The Morgan fingerprint density at radius 1 is 0.684 bits per heavy atom. The zero-order valence-electron chi connectivity index (χ0n) is 75.3. The van der Waals surface area contributed by atoms with Crippen LogP contribution in [0.3, 0.4) is 0 Å². The van der Waals surface area contributed by atoms with Crippen LogP contribution in [0.25, 0.3) is 10.4 Å². The zero-order valence-corrected chi connectivity index (χ0v) is 78.8. The number of ether oxygens (including phenoxy) is 5. The molecule has 1 fully saturated rings. The summed E-state index contributed by atoms with van der Waals surface area (Å²) in [5.41, 5.74) is 11.6. The molecule has 2 aliphatic heterocycles. The number of hydrogen-bond donors (Lipinski definition) is 4. The molecule has 26 nitrogen and oxygen atoms in total. The van der Waals surface area contributed by atoms with Crippen molar-refractivity contribution in [1.82, 2.24) is 25.0 Å². The van der Waals surface area contributed by atoms with Crippen molar-refractivity contribution in [3.05, 3.63) is 103 Å². The van der Waals surface area contributed by atoms with Crippen LogP contribution in [-0.4, -0.2) is 181 Å². The van der Waals surface area contributed by atoms with Crippen molar-refractivity contribution in [3.63, 3.8) is 0 Å². The fraction of sp³-hybridized carbons (Fsp3) is 0.718. The van der Waals surface area contributed by atoms with Crippen LogP contribution in [0.5, 0.6) is 5.75 Å². The topological polar surface area (TPSA) is 357 Å². The van der Waals surface area contributed by atoms with Crippen molar-refractivity contribution in [2.24, 2.45) is 46.4 Å². The van der Waals surface area contributed by atoms with Crippen LogP contribution in [0.15, 0.2) is 63.5 Å². The molecule has 0 spiro atoms. The molecule has 32 heteroatoms. The number of pyridine rings is 1. The van der Waals surface area contributed by atoms with Crippen molar-refractivity contribution in [2.45, 2.75) is 302 Å². The minimum atomic E-state index is -3.76. The van der Waals surface area contributed by atoms with Crippen molar-refractivity contribution >= 4 is 84.1 Å². The highest BCUT2D eigenvalue weighted by Crippen LogP contribution is 2.31. The Labute approximate surface area is 711 Å². The molecule has 1 aromatic heterocycles. The summed E-state index contributed by atoms with van der Waals surface area (Å²) >= 11 is 9.53. The van der Waals surface area contributed by atoms with Gasteiger partial charge in [-0.2, -0.15) is 8.42 Å². The van der Waals surface area contributed by atoms with Crippen LogP contribution in [0.2, 0.25) is 0 Å². The van der Waals surface area contributed by atoms with Crippen LogP contribution >= 0.6 is 32.4 Å². The van der Waals surface area contributed by atoms with E-state index in [1.54, 1.807) is 24.0 Å². The van der Waals surface area contributed by atoms with Crippen LogP contribution in [0.4, 0.5) is 8.78 Å². The van der Waals surface area contributed by atoms with Gasteiger partial charge in [-0.3, -0.25) is 47.4 Å². The molecule has 0 saturated carbocycles. The number of benzene rings is 2. The van der Waals surface area contributed by atoms with Gasteiger partial charge in [0, 0.05) is 87.0 Å². The standard InChI is InChI=1S/C24H27F2N3O4.C17H26O5S.C13H27NO2.C11H20O4.C10H19N3O2.C7H18N2.C2H7P.CH2Cl2/c1-13(2)28-9-14(3)10-29-20(28)12-27-11-17(22(31)23(32)21(27)24(29)33)19(30)7-5-15-4-6-16(25)8-18(15)26;1-13-6-9-15(10-7-13)23(19,20)21-12-14(2)8-11-16(18)22-17(3,4)5;1-10(2)14-9-11(3)7-8-12(15)16-13(4,5)6;1-8(10(13)14-5)6-7-9(12)15-11(2,3)4;1-8(7-12-13-11)5-6-9(14)15-10(2,3)4;1-6(2)9-5-7(3)4-8;1-2-3;2-1-3/h4,6,8,11,13-14,20,32H,5,7,9-10,12H2,1-3H3;6-7,9-10,14H,8,11-12H2,1-5H3;10-11,14H,7-9H2,1-6H3;8H,6-7H2,1-5H3;8H,5-7H2,1-4H3;6-7,9H,4-5,8H2,1-3H3;2-3H2,1H3;1H2/t14-,20?;14-;11-;2*8-;7-;;/m100000../s1. The summed E-state index contributed by atoms with van der Waals surface area (Å²) in [6, 6.07) is 10.9. The summed E-state index contributed by atoms with van der Waals surface area (Å²) in [7, 11) is 0.163. The van der Waals surface area contributed by atoms with Gasteiger partial charge in [0.1, 0.15) is 40.2 Å². The average Bonchev–Trinajstić information content (AvgIpc) is 0.742. The van der Waals surface area contributed by atoms with E-state index in [2.05, 4.69) is 88.0 Å². The minimum absolute atomic E-state index is 0.0265. The number of aromatic nitrogens is 1. The number of nitrogens with one attached hydrogen (secondary N) is 2.